The smallest absolute Gasteiger partial charge is 0.324 e. The molecule has 0 aromatic carbocycles. The molecule has 64 valence electrons. The summed E-state index contributed by atoms with van der Waals surface area (Å²) in [6, 6.07) is -0.317. The van der Waals surface area contributed by atoms with E-state index >= 15 is 0 Å². The van der Waals surface area contributed by atoms with Crippen molar-refractivity contribution in [3.63, 3.8) is 0 Å². The van der Waals surface area contributed by atoms with Crippen LogP contribution in [0.5, 0.6) is 0 Å². The SMILES string of the molecule is CCN(CC)C(=O)NC(C)=O. The average molecular weight is 158 g/mol. The van der Waals surface area contributed by atoms with Gasteiger partial charge in [-0.3, -0.25) is 10.1 Å². The second-order valence-corrected chi connectivity index (χ2v) is 2.16. The van der Waals surface area contributed by atoms with Crippen LogP contribution in [0.2, 0.25) is 0 Å². The number of carbonyl (C=O) groups excluding carboxylic acids is 2. The lowest BCUT2D eigenvalue weighted by atomic mass is 10.5. The number of urea groups is 1. The van der Waals surface area contributed by atoms with E-state index in [9.17, 15) is 9.59 Å². The predicted molar refractivity (Wildman–Crippen MR) is 42.1 cm³/mol. The predicted octanol–water partition coefficient (Wildman–Crippen LogP) is 0.584. The molecular weight excluding hydrogens is 144 g/mol. The van der Waals surface area contributed by atoms with Crippen molar-refractivity contribution in [2.75, 3.05) is 13.1 Å². The number of carbonyl (C=O) groups is 2. The van der Waals surface area contributed by atoms with Gasteiger partial charge in [0.05, 0.1) is 0 Å². The van der Waals surface area contributed by atoms with Gasteiger partial charge in [0.25, 0.3) is 0 Å². The Hall–Kier alpha value is -1.06. The zero-order valence-electron chi connectivity index (χ0n) is 7.18. The molecule has 0 rings (SSSR count). The molecule has 0 atom stereocenters. The minimum absolute atomic E-state index is 0.317. The molecule has 0 aromatic rings. The molecule has 4 heteroatoms. The molecule has 4 nitrogen and oxygen atoms in total. The van der Waals surface area contributed by atoms with Gasteiger partial charge in [-0.2, -0.15) is 0 Å². The zero-order chi connectivity index (χ0) is 8.85. The number of amides is 3. The molecule has 0 heterocycles. The van der Waals surface area contributed by atoms with Crippen LogP contribution in [0.1, 0.15) is 20.8 Å². The molecule has 0 bridgehead atoms. The topological polar surface area (TPSA) is 49.4 Å². The lowest BCUT2D eigenvalue weighted by molar-refractivity contribution is -0.118. The van der Waals surface area contributed by atoms with Gasteiger partial charge in [-0.25, -0.2) is 4.79 Å². The maximum absolute atomic E-state index is 11.0. The summed E-state index contributed by atoms with van der Waals surface area (Å²) in [5.41, 5.74) is 0. The van der Waals surface area contributed by atoms with Crippen LogP contribution in [0, 0.1) is 0 Å². The Morgan fingerprint density at radius 2 is 1.73 bits per heavy atom. The third-order valence-electron chi connectivity index (χ3n) is 1.33. The molecule has 11 heavy (non-hydrogen) atoms. The number of nitrogens with one attached hydrogen (secondary N) is 1. The minimum Gasteiger partial charge on any atom is -0.325 e. The molecule has 0 saturated heterocycles. The number of hydrogen-bond acceptors (Lipinski definition) is 2. The van der Waals surface area contributed by atoms with Gasteiger partial charge in [0.1, 0.15) is 0 Å². The van der Waals surface area contributed by atoms with Crippen LogP contribution < -0.4 is 5.32 Å². The molecule has 0 aliphatic carbocycles. The highest BCUT2D eigenvalue weighted by Gasteiger charge is 2.09. The van der Waals surface area contributed by atoms with Gasteiger partial charge in [0, 0.05) is 20.0 Å². The summed E-state index contributed by atoms with van der Waals surface area (Å²) < 4.78 is 0. The molecule has 3 amide bonds. The van der Waals surface area contributed by atoms with Crippen molar-refractivity contribution in [3.8, 4) is 0 Å². The van der Waals surface area contributed by atoms with Gasteiger partial charge in [0.2, 0.25) is 5.91 Å². The van der Waals surface area contributed by atoms with E-state index in [2.05, 4.69) is 5.32 Å². The number of hydrogen-bond donors (Lipinski definition) is 1. The van der Waals surface area contributed by atoms with E-state index in [0.717, 1.165) is 0 Å². The summed E-state index contributed by atoms with van der Waals surface area (Å²) in [4.78, 5) is 23.0. The Morgan fingerprint density at radius 1 is 1.27 bits per heavy atom. The largest absolute Gasteiger partial charge is 0.325 e. The molecule has 1 N–H and O–H groups in total. The van der Waals surface area contributed by atoms with E-state index < -0.39 is 0 Å². The second kappa shape index (κ2) is 4.71. The highest BCUT2D eigenvalue weighted by molar-refractivity contribution is 5.92. The first kappa shape index (κ1) is 9.94. The number of imide groups is 1. The normalized spacial score (nSPS) is 9.00. The molecule has 0 fully saturated rings. The van der Waals surface area contributed by atoms with Crippen LogP contribution in [0.25, 0.3) is 0 Å². The van der Waals surface area contributed by atoms with Crippen molar-refractivity contribution in [2.45, 2.75) is 20.8 Å². The van der Waals surface area contributed by atoms with Gasteiger partial charge >= 0.3 is 6.03 Å². The molecule has 0 radical (unpaired) electrons. The first-order valence-corrected chi connectivity index (χ1v) is 3.68. The van der Waals surface area contributed by atoms with Gasteiger partial charge in [-0.05, 0) is 13.8 Å². The highest BCUT2D eigenvalue weighted by Crippen LogP contribution is 1.86. The van der Waals surface area contributed by atoms with Gasteiger partial charge in [-0.15, -0.1) is 0 Å². The van der Waals surface area contributed by atoms with Crippen molar-refractivity contribution < 1.29 is 9.59 Å². The fraction of sp³-hybridized carbons (Fsp3) is 0.714. The molecule has 0 saturated carbocycles. The third-order valence-corrected chi connectivity index (χ3v) is 1.33. The van der Waals surface area contributed by atoms with Crippen LogP contribution in [0.15, 0.2) is 0 Å². The lowest BCUT2D eigenvalue weighted by Crippen LogP contribution is -2.41. The van der Waals surface area contributed by atoms with E-state index in [4.69, 9.17) is 0 Å². The highest BCUT2D eigenvalue weighted by atomic mass is 16.2. The van der Waals surface area contributed by atoms with E-state index in [1.165, 1.54) is 6.92 Å². The Labute approximate surface area is 66.6 Å². The minimum atomic E-state index is -0.318. The van der Waals surface area contributed by atoms with E-state index in [1.54, 1.807) is 4.90 Å². The Bertz CT molecular complexity index is 153. The molecule has 0 aromatic heterocycles. The first-order valence-electron chi connectivity index (χ1n) is 3.68. The maximum Gasteiger partial charge on any atom is 0.324 e. The van der Waals surface area contributed by atoms with Crippen molar-refractivity contribution in [3.05, 3.63) is 0 Å². The monoisotopic (exact) mass is 158 g/mol. The quantitative estimate of drug-likeness (QED) is 0.639. The summed E-state index contributed by atoms with van der Waals surface area (Å²) >= 11 is 0. The van der Waals surface area contributed by atoms with Gasteiger partial charge in [-0.1, -0.05) is 0 Å². The van der Waals surface area contributed by atoms with Crippen LogP contribution in [0.3, 0.4) is 0 Å². The fourth-order valence-electron chi connectivity index (χ4n) is 0.740. The van der Waals surface area contributed by atoms with E-state index in [1.807, 2.05) is 13.8 Å². The molecular formula is C7H14N2O2. The summed E-state index contributed by atoms with van der Waals surface area (Å²) in [6.45, 7) is 6.29. The summed E-state index contributed by atoms with van der Waals surface area (Å²) in [7, 11) is 0. The zero-order valence-corrected chi connectivity index (χ0v) is 7.18. The summed E-state index contributed by atoms with van der Waals surface area (Å²) in [5.74, 6) is -0.318. The first-order chi connectivity index (χ1) is 5.11. The Kier molecular flexibility index (Phi) is 4.26. The molecule has 0 spiro atoms. The van der Waals surface area contributed by atoms with Crippen LogP contribution >= 0.6 is 0 Å². The summed E-state index contributed by atoms with van der Waals surface area (Å²) in [5, 5.41) is 2.19. The molecule has 0 aliphatic rings. The Balaban J connectivity index is 3.89. The van der Waals surface area contributed by atoms with E-state index in [0.29, 0.717) is 13.1 Å². The average Bonchev–Trinajstić information content (AvgIpc) is 1.88. The Morgan fingerprint density at radius 3 is 2.00 bits per heavy atom. The standard InChI is InChI=1S/C7H14N2O2/c1-4-9(5-2)7(11)8-6(3)10/h4-5H2,1-3H3,(H,8,10,11). The van der Waals surface area contributed by atoms with Crippen LogP contribution in [-0.2, 0) is 4.79 Å². The van der Waals surface area contributed by atoms with Crippen molar-refractivity contribution in [1.82, 2.24) is 10.2 Å². The number of nitrogens with zero attached hydrogens (tertiary/aromatic N) is 1. The van der Waals surface area contributed by atoms with Crippen molar-refractivity contribution in [1.29, 1.82) is 0 Å². The summed E-state index contributed by atoms with van der Waals surface area (Å²) in [6.07, 6.45) is 0. The maximum atomic E-state index is 11.0. The van der Waals surface area contributed by atoms with Gasteiger partial charge < -0.3 is 4.90 Å². The lowest BCUT2D eigenvalue weighted by Gasteiger charge is -2.17. The molecule has 0 unspecified atom stereocenters. The van der Waals surface area contributed by atoms with Gasteiger partial charge in [0.15, 0.2) is 0 Å². The number of rotatable bonds is 2. The van der Waals surface area contributed by atoms with Crippen LogP contribution in [0.4, 0.5) is 4.79 Å². The van der Waals surface area contributed by atoms with Crippen molar-refractivity contribution >= 4 is 11.9 Å². The third kappa shape index (κ3) is 3.60. The van der Waals surface area contributed by atoms with Crippen LogP contribution in [-0.4, -0.2) is 29.9 Å². The molecule has 0 aliphatic heterocycles. The fourth-order valence-corrected chi connectivity index (χ4v) is 0.740. The van der Waals surface area contributed by atoms with E-state index in [-0.39, 0.29) is 11.9 Å². The second-order valence-electron chi connectivity index (χ2n) is 2.16. The van der Waals surface area contributed by atoms with Crippen molar-refractivity contribution in [2.24, 2.45) is 0 Å².